The van der Waals surface area contributed by atoms with Gasteiger partial charge in [0, 0.05) is 12.8 Å². The molecule has 1 aliphatic rings. The molecule has 6 N–H and O–H groups in total. The molecular formula is C54H101O13P. The third-order valence-electron chi connectivity index (χ3n) is 13.0. The Morgan fingerprint density at radius 3 is 1.22 bits per heavy atom. The van der Waals surface area contributed by atoms with Gasteiger partial charge in [0.25, 0.3) is 0 Å². The fraction of sp³-hybridized carbons (Fsp3) is 0.889. The Hall–Kier alpha value is -1.67. The van der Waals surface area contributed by atoms with Gasteiger partial charge in [-0.05, 0) is 44.9 Å². The smallest absolute Gasteiger partial charge is 0.462 e. The fourth-order valence-electron chi connectivity index (χ4n) is 8.61. The first kappa shape index (κ1) is 64.3. The highest BCUT2D eigenvalue weighted by atomic mass is 31.2. The lowest BCUT2D eigenvalue weighted by atomic mass is 9.85. The third-order valence-corrected chi connectivity index (χ3v) is 14.0. The quantitative estimate of drug-likeness (QED) is 0.0145. The van der Waals surface area contributed by atoms with Crippen LogP contribution in [0.2, 0.25) is 0 Å². The number of unbranched alkanes of at least 4 members (excludes halogenated alkanes) is 31. The Morgan fingerprint density at radius 2 is 0.794 bits per heavy atom. The van der Waals surface area contributed by atoms with E-state index in [0.717, 1.165) is 77.0 Å². The number of rotatable bonds is 47. The van der Waals surface area contributed by atoms with Crippen LogP contribution in [-0.4, -0.2) is 98.3 Å². The molecule has 0 radical (unpaired) electrons. The van der Waals surface area contributed by atoms with Crippen molar-refractivity contribution in [1.82, 2.24) is 0 Å². The molecule has 0 spiro atoms. The minimum absolute atomic E-state index is 0.0909. The lowest BCUT2D eigenvalue weighted by molar-refractivity contribution is -0.220. The zero-order chi connectivity index (χ0) is 49.9. The van der Waals surface area contributed by atoms with Gasteiger partial charge in [-0.2, -0.15) is 0 Å². The molecule has 1 fully saturated rings. The monoisotopic (exact) mass is 989 g/mol. The number of allylic oxidation sites excluding steroid dienone is 4. The molecule has 0 aromatic rings. The zero-order valence-electron chi connectivity index (χ0n) is 42.9. The number of phosphoric acid groups is 1. The average molecular weight is 989 g/mol. The average Bonchev–Trinajstić information content (AvgIpc) is 3.32. The normalized spacial score (nSPS) is 21.1. The number of carbonyl (C=O) groups is 2. The predicted octanol–water partition coefficient (Wildman–Crippen LogP) is 12.3. The number of aliphatic hydroxyl groups is 5. The van der Waals surface area contributed by atoms with Gasteiger partial charge in [0.15, 0.2) is 6.10 Å². The molecule has 13 nitrogen and oxygen atoms in total. The van der Waals surface area contributed by atoms with Gasteiger partial charge in [-0.15, -0.1) is 0 Å². The summed E-state index contributed by atoms with van der Waals surface area (Å²) in [4.78, 5) is 35.9. The van der Waals surface area contributed by atoms with E-state index >= 15 is 0 Å². The largest absolute Gasteiger partial charge is 0.472 e. The third kappa shape index (κ3) is 35.4. The van der Waals surface area contributed by atoms with Gasteiger partial charge in [0.1, 0.15) is 43.2 Å². The van der Waals surface area contributed by atoms with Crippen molar-refractivity contribution >= 4 is 19.8 Å². The summed E-state index contributed by atoms with van der Waals surface area (Å²) in [5.74, 6) is -1.09. The van der Waals surface area contributed by atoms with Gasteiger partial charge in [-0.25, -0.2) is 4.57 Å². The van der Waals surface area contributed by atoms with Crippen molar-refractivity contribution in [3.8, 4) is 0 Å². The van der Waals surface area contributed by atoms with Crippen LogP contribution in [0.4, 0.5) is 0 Å². The first-order valence-electron chi connectivity index (χ1n) is 27.6. The van der Waals surface area contributed by atoms with Crippen LogP contribution in [0.3, 0.4) is 0 Å². The molecule has 1 aliphatic carbocycles. The van der Waals surface area contributed by atoms with E-state index in [-0.39, 0.29) is 12.8 Å². The molecule has 68 heavy (non-hydrogen) atoms. The molecule has 0 heterocycles. The highest BCUT2D eigenvalue weighted by molar-refractivity contribution is 7.47. The Labute approximate surface area is 413 Å². The molecule has 0 aliphatic heterocycles. The van der Waals surface area contributed by atoms with Crippen molar-refractivity contribution in [2.24, 2.45) is 0 Å². The first-order valence-corrected chi connectivity index (χ1v) is 29.1. The van der Waals surface area contributed by atoms with Crippen LogP contribution >= 0.6 is 7.82 Å². The second kappa shape index (κ2) is 44.1. The maximum Gasteiger partial charge on any atom is 0.472 e. The van der Waals surface area contributed by atoms with Crippen LogP contribution in [-0.2, 0) is 32.7 Å². The number of esters is 2. The van der Waals surface area contributed by atoms with Crippen LogP contribution in [0.1, 0.15) is 251 Å². The Kier molecular flexibility index (Phi) is 41.7. The Bertz CT molecular complexity index is 1280. The van der Waals surface area contributed by atoms with Crippen LogP contribution in [0.15, 0.2) is 24.3 Å². The van der Waals surface area contributed by atoms with E-state index in [1.165, 1.54) is 135 Å². The van der Waals surface area contributed by atoms with Crippen molar-refractivity contribution in [2.75, 3.05) is 13.2 Å². The summed E-state index contributed by atoms with van der Waals surface area (Å²) in [6, 6.07) is 0. The second-order valence-electron chi connectivity index (χ2n) is 19.4. The molecule has 0 bridgehead atoms. The van der Waals surface area contributed by atoms with Gasteiger partial charge in [0.2, 0.25) is 0 Å². The molecule has 8 atom stereocenters. The van der Waals surface area contributed by atoms with Gasteiger partial charge < -0.3 is 39.9 Å². The van der Waals surface area contributed by atoms with Crippen LogP contribution in [0.5, 0.6) is 0 Å². The topological polar surface area (TPSA) is 210 Å². The van der Waals surface area contributed by atoms with Crippen molar-refractivity contribution in [3.63, 3.8) is 0 Å². The second-order valence-corrected chi connectivity index (χ2v) is 20.9. The predicted molar refractivity (Wildman–Crippen MR) is 272 cm³/mol. The summed E-state index contributed by atoms with van der Waals surface area (Å²) >= 11 is 0. The minimum atomic E-state index is -5.12. The van der Waals surface area contributed by atoms with E-state index in [4.69, 9.17) is 18.5 Å². The number of hydrogen-bond donors (Lipinski definition) is 6. The lowest BCUT2D eigenvalue weighted by Crippen LogP contribution is -2.64. The van der Waals surface area contributed by atoms with E-state index in [1.54, 1.807) is 0 Å². The Morgan fingerprint density at radius 1 is 0.456 bits per heavy atom. The Balaban J connectivity index is 2.34. The van der Waals surface area contributed by atoms with Crippen LogP contribution < -0.4 is 0 Å². The van der Waals surface area contributed by atoms with Crippen molar-refractivity contribution in [3.05, 3.63) is 24.3 Å². The van der Waals surface area contributed by atoms with Crippen LogP contribution in [0, 0.1) is 0 Å². The molecule has 0 aromatic carbocycles. The van der Waals surface area contributed by atoms with E-state index in [9.17, 15) is 44.6 Å². The van der Waals surface area contributed by atoms with Gasteiger partial charge >= 0.3 is 19.8 Å². The standard InChI is InChI=1S/C54H101O13P/c1-3-5-7-9-11-13-15-17-19-21-22-23-24-25-27-28-30-32-34-36-38-40-42-47(55)64-44-46(45-65-68(62,63)67-54-52(60)50(58)49(57)51(59)53(54)61)66-48(56)43-41-39-37-35-33-31-29-26-20-18-16-14-12-10-8-6-4-2/h12,14,18,20,46,49-54,57-61H,3-11,13,15-17,19,21-45H2,1-2H3,(H,62,63)/b14-12+,20-18+/t46-,49?,50-,51?,52?,53?,54?/m0/s1. The maximum absolute atomic E-state index is 12.9. The zero-order valence-corrected chi connectivity index (χ0v) is 43.8. The summed E-state index contributed by atoms with van der Waals surface area (Å²) in [5, 5.41) is 50.3. The van der Waals surface area contributed by atoms with E-state index in [1.807, 2.05) is 0 Å². The molecule has 0 aromatic heterocycles. The fourth-order valence-corrected chi connectivity index (χ4v) is 9.59. The summed E-state index contributed by atoms with van der Waals surface area (Å²) in [6.45, 7) is 3.32. The van der Waals surface area contributed by atoms with Crippen molar-refractivity contribution < 1.29 is 63.1 Å². The number of hydrogen-bond acceptors (Lipinski definition) is 12. The van der Waals surface area contributed by atoms with Crippen molar-refractivity contribution in [2.45, 2.75) is 294 Å². The summed E-state index contributed by atoms with van der Waals surface area (Å²) < 4.78 is 33.7. The summed E-state index contributed by atoms with van der Waals surface area (Å²) in [5.41, 5.74) is 0. The molecule has 1 rings (SSSR count). The van der Waals surface area contributed by atoms with Crippen LogP contribution in [0.25, 0.3) is 0 Å². The highest BCUT2D eigenvalue weighted by Crippen LogP contribution is 2.47. The number of aliphatic hydroxyl groups excluding tert-OH is 5. The highest BCUT2D eigenvalue weighted by Gasteiger charge is 2.51. The van der Waals surface area contributed by atoms with E-state index in [0.29, 0.717) is 12.8 Å². The molecular weight excluding hydrogens is 888 g/mol. The minimum Gasteiger partial charge on any atom is -0.462 e. The van der Waals surface area contributed by atoms with E-state index in [2.05, 4.69) is 38.2 Å². The lowest BCUT2D eigenvalue weighted by Gasteiger charge is -2.41. The number of phosphoric ester groups is 1. The molecule has 0 saturated heterocycles. The molecule has 400 valence electrons. The first-order chi connectivity index (χ1) is 32.9. The molecule has 6 unspecified atom stereocenters. The molecule has 14 heteroatoms. The SMILES string of the molecule is CCCCC/C=C/C/C=C/CCCCCCCCCC(=O)O[C@@H](COC(=O)CCCCCCCCCCCCCCCCCCCCCCCC)COP(=O)(O)OC1C(O)C(O)C(O)[C@H](O)C1O. The van der Waals surface area contributed by atoms with Crippen molar-refractivity contribution in [1.29, 1.82) is 0 Å². The van der Waals surface area contributed by atoms with Gasteiger partial charge in [0.05, 0.1) is 6.61 Å². The number of ether oxygens (including phenoxy) is 2. The summed E-state index contributed by atoms with van der Waals surface area (Å²) in [7, 11) is -5.12. The maximum atomic E-state index is 12.9. The van der Waals surface area contributed by atoms with E-state index < -0.39 is 75.7 Å². The van der Waals surface area contributed by atoms with Gasteiger partial charge in [-0.3, -0.25) is 18.6 Å². The molecule has 1 saturated carbocycles. The number of carbonyl (C=O) groups excluding carboxylic acids is 2. The molecule has 0 amide bonds. The van der Waals surface area contributed by atoms with Gasteiger partial charge in [-0.1, -0.05) is 218 Å². The summed E-state index contributed by atoms with van der Waals surface area (Å²) in [6.07, 6.45) is 38.0.